The van der Waals surface area contributed by atoms with Gasteiger partial charge in [-0.2, -0.15) is 0 Å². The monoisotopic (exact) mass is 415 g/mol. The molecule has 4 N–H and O–H groups in total. The van der Waals surface area contributed by atoms with Crippen LogP contribution in [0.25, 0.3) is 0 Å². The summed E-state index contributed by atoms with van der Waals surface area (Å²) < 4.78 is 27.4. The highest BCUT2D eigenvalue weighted by molar-refractivity contribution is 7.12. The average molecular weight is 415 g/mol. The number of hydrogen-bond donors (Lipinski definition) is 3. The molecule has 9 heteroatoms. The fourth-order valence-electron chi connectivity index (χ4n) is 2.48. The van der Waals surface area contributed by atoms with E-state index in [1.165, 1.54) is 23.5 Å². The molecule has 6 nitrogen and oxygen atoms in total. The maximum absolute atomic E-state index is 13.9. The predicted octanol–water partition coefficient (Wildman–Crippen LogP) is 3.31. The zero-order chi connectivity index (χ0) is 21.0. The lowest BCUT2D eigenvalue weighted by Crippen LogP contribution is -2.21. The van der Waals surface area contributed by atoms with E-state index in [1.54, 1.807) is 29.6 Å². The van der Waals surface area contributed by atoms with Crippen LogP contribution in [0.4, 0.5) is 14.5 Å². The molecule has 148 valence electrons. The highest BCUT2D eigenvalue weighted by atomic mass is 32.1. The van der Waals surface area contributed by atoms with Gasteiger partial charge in [0.15, 0.2) is 0 Å². The summed E-state index contributed by atoms with van der Waals surface area (Å²) in [5.74, 6) is -4.07. The first kappa shape index (κ1) is 20.2. The highest BCUT2D eigenvalue weighted by Gasteiger charge is 2.16. The van der Waals surface area contributed by atoms with Crippen molar-refractivity contribution in [1.82, 2.24) is 5.32 Å². The molecule has 0 aliphatic heterocycles. The first-order valence-corrected chi connectivity index (χ1v) is 9.24. The van der Waals surface area contributed by atoms with E-state index in [9.17, 15) is 23.2 Å². The van der Waals surface area contributed by atoms with Gasteiger partial charge in [-0.3, -0.25) is 14.4 Å². The van der Waals surface area contributed by atoms with Gasteiger partial charge in [0, 0.05) is 18.2 Å². The maximum Gasteiger partial charge on any atom is 0.261 e. The number of anilines is 1. The Morgan fingerprint density at radius 1 is 0.966 bits per heavy atom. The Kier molecular flexibility index (Phi) is 5.99. The number of benzene rings is 2. The zero-order valence-electron chi connectivity index (χ0n) is 14.9. The Bertz CT molecular complexity index is 1070. The highest BCUT2D eigenvalue weighted by Crippen LogP contribution is 2.20. The van der Waals surface area contributed by atoms with Crippen LogP contribution in [0, 0.1) is 11.6 Å². The Morgan fingerprint density at radius 2 is 1.69 bits per heavy atom. The van der Waals surface area contributed by atoms with Gasteiger partial charge in [-0.05, 0) is 35.2 Å². The summed E-state index contributed by atoms with van der Waals surface area (Å²) in [6.07, 6.45) is 0. The summed E-state index contributed by atoms with van der Waals surface area (Å²) in [5, 5.41) is 6.85. The fraction of sp³-hybridized carbons (Fsp3) is 0.0500. The normalized spacial score (nSPS) is 10.4. The van der Waals surface area contributed by atoms with Crippen LogP contribution >= 0.6 is 11.3 Å². The molecule has 29 heavy (non-hydrogen) atoms. The van der Waals surface area contributed by atoms with E-state index in [0.717, 1.165) is 11.6 Å². The molecule has 1 heterocycles. The first-order valence-electron chi connectivity index (χ1n) is 8.36. The number of carbonyl (C=O) groups excluding carboxylic acids is 3. The number of amides is 3. The molecule has 3 rings (SSSR count). The van der Waals surface area contributed by atoms with Crippen molar-refractivity contribution in [2.75, 3.05) is 5.32 Å². The quantitative estimate of drug-likeness (QED) is 0.576. The summed E-state index contributed by atoms with van der Waals surface area (Å²) in [4.78, 5) is 36.0. The molecular weight excluding hydrogens is 400 g/mol. The number of halogens is 2. The zero-order valence-corrected chi connectivity index (χ0v) is 15.7. The number of nitrogens with two attached hydrogens (primary N) is 1. The lowest BCUT2D eigenvalue weighted by Gasteiger charge is -2.09. The van der Waals surface area contributed by atoms with Gasteiger partial charge in [-0.15, -0.1) is 11.3 Å². The summed E-state index contributed by atoms with van der Waals surface area (Å²) >= 11 is 1.33. The van der Waals surface area contributed by atoms with Crippen molar-refractivity contribution in [2.24, 2.45) is 5.73 Å². The van der Waals surface area contributed by atoms with Gasteiger partial charge in [-0.1, -0.05) is 18.2 Å². The van der Waals surface area contributed by atoms with E-state index < -0.39 is 29.0 Å². The summed E-state index contributed by atoms with van der Waals surface area (Å²) in [6.45, 7) is 0.271. The van der Waals surface area contributed by atoms with Gasteiger partial charge in [0.05, 0.1) is 16.1 Å². The van der Waals surface area contributed by atoms with E-state index >= 15 is 0 Å². The first-order chi connectivity index (χ1) is 13.8. The molecule has 0 aliphatic carbocycles. The summed E-state index contributed by atoms with van der Waals surface area (Å²) in [5.41, 5.74) is 5.11. The Labute approximate surface area is 168 Å². The number of hydrogen-bond acceptors (Lipinski definition) is 4. The van der Waals surface area contributed by atoms with Gasteiger partial charge < -0.3 is 16.4 Å². The molecule has 0 atom stereocenters. The van der Waals surface area contributed by atoms with Crippen molar-refractivity contribution in [2.45, 2.75) is 6.54 Å². The van der Waals surface area contributed by atoms with Crippen molar-refractivity contribution < 1.29 is 23.2 Å². The Morgan fingerprint density at radius 3 is 2.31 bits per heavy atom. The summed E-state index contributed by atoms with van der Waals surface area (Å²) in [6, 6.07) is 11.1. The lowest BCUT2D eigenvalue weighted by atomic mass is 10.1. The standard InChI is InChI=1S/C20H15F2N3O3S/c21-14-9-15(22)16(8-13(14)18(23)26)25-19(27)12-5-3-11(4-6-12)10-24-20(28)17-2-1-7-29-17/h1-9H,10H2,(H2,23,26)(H,24,28)(H,25,27). The van der Waals surface area contributed by atoms with E-state index in [2.05, 4.69) is 10.6 Å². The second kappa shape index (κ2) is 8.61. The van der Waals surface area contributed by atoms with Crippen LogP contribution in [0.5, 0.6) is 0 Å². The molecule has 0 saturated heterocycles. The number of rotatable bonds is 6. The van der Waals surface area contributed by atoms with Crippen molar-refractivity contribution in [3.8, 4) is 0 Å². The van der Waals surface area contributed by atoms with Crippen molar-refractivity contribution in [3.05, 3.63) is 87.1 Å². The Balaban J connectivity index is 1.65. The molecule has 2 aromatic carbocycles. The van der Waals surface area contributed by atoms with E-state index in [4.69, 9.17) is 5.73 Å². The van der Waals surface area contributed by atoms with Crippen molar-refractivity contribution in [1.29, 1.82) is 0 Å². The minimum atomic E-state index is -1.11. The van der Waals surface area contributed by atoms with Gasteiger partial charge in [-0.25, -0.2) is 8.78 Å². The van der Waals surface area contributed by atoms with Crippen LogP contribution in [0.1, 0.15) is 36.0 Å². The molecule has 0 radical (unpaired) electrons. The lowest BCUT2D eigenvalue weighted by molar-refractivity contribution is 0.0952. The van der Waals surface area contributed by atoms with Crippen LogP contribution < -0.4 is 16.4 Å². The largest absolute Gasteiger partial charge is 0.366 e. The molecule has 3 amide bonds. The topological polar surface area (TPSA) is 101 Å². The molecule has 0 aliphatic rings. The van der Waals surface area contributed by atoms with Crippen LogP contribution in [-0.4, -0.2) is 17.7 Å². The number of nitrogens with one attached hydrogen (secondary N) is 2. The molecule has 0 saturated carbocycles. The minimum Gasteiger partial charge on any atom is -0.366 e. The molecule has 0 bridgehead atoms. The molecule has 3 aromatic rings. The van der Waals surface area contributed by atoms with Crippen molar-refractivity contribution in [3.63, 3.8) is 0 Å². The molecule has 0 spiro atoms. The SMILES string of the molecule is NC(=O)c1cc(NC(=O)c2ccc(CNC(=O)c3cccs3)cc2)c(F)cc1F. The van der Waals surface area contributed by atoms with Gasteiger partial charge >= 0.3 is 0 Å². The minimum absolute atomic E-state index is 0.196. The summed E-state index contributed by atoms with van der Waals surface area (Å²) in [7, 11) is 0. The fourth-order valence-corrected chi connectivity index (χ4v) is 3.12. The third kappa shape index (κ3) is 4.82. The maximum atomic E-state index is 13.9. The second-order valence-electron chi connectivity index (χ2n) is 5.99. The number of primary amides is 1. The molecule has 0 unspecified atom stereocenters. The third-order valence-electron chi connectivity index (χ3n) is 3.98. The van der Waals surface area contributed by atoms with Gasteiger partial charge in [0.1, 0.15) is 11.6 Å². The third-order valence-corrected chi connectivity index (χ3v) is 4.85. The van der Waals surface area contributed by atoms with E-state index in [-0.39, 0.29) is 23.7 Å². The van der Waals surface area contributed by atoms with Crippen LogP contribution in [0.15, 0.2) is 53.9 Å². The van der Waals surface area contributed by atoms with Gasteiger partial charge in [0.25, 0.3) is 17.7 Å². The van der Waals surface area contributed by atoms with E-state index in [1.807, 2.05) is 0 Å². The van der Waals surface area contributed by atoms with Crippen LogP contribution in [-0.2, 0) is 6.54 Å². The van der Waals surface area contributed by atoms with Crippen molar-refractivity contribution >= 4 is 34.7 Å². The predicted molar refractivity (Wildman–Crippen MR) is 105 cm³/mol. The molecule has 1 aromatic heterocycles. The smallest absolute Gasteiger partial charge is 0.261 e. The number of thiophene rings is 1. The Hall–Kier alpha value is -3.59. The van der Waals surface area contributed by atoms with Gasteiger partial charge in [0.2, 0.25) is 0 Å². The van der Waals surface area contributed by atoms with E-state index in [0.29, 0.717) is 10.9 Å². The molecular formula is C20H15F2N3O3S. The second-order valence-corrected chi connectivity index (χ2v) is 6.93. The number of carbonyl (C=O) groups is 3. The average Bonchev–Trinajstić information content (AvgIpc) is 3.23. The van der Waals surface area contributed by atoms with Crippen LogP contribution in [0.2, 0.25) is 0 Å². The molecule has 0 fully saturated rings. The van der Waals surface area contributed by atoms with Crippen LogP contribution in [0.3, 0.4) is 0 Å².